The molecule has 3 rings (SSSR count). The Labute approximate surface area is 155 Å². The summed E-state index contributed by atoms with van der Waals surface area (Å²) in [6, 6.07) is 18.4. The number of carbonyl (C=O) groups is 1. The first-order chi connectivity index (χ1) is 13.0. The van der Waals surface area contributed by atoms with Gasteiger partial charge in [0.25, 0.3) is 0 Å². The molecule has 3 nitrogen and oxygen atoms in total. The Kier molecular flexibility index (Phi) is 5.28. The van der Waals surface area contributed by atoms with E-state index in [4.69, 9.17) is 10.00 Å². The van der Waals surface area contributed by atoms with Crippen molar-refractivity contribution in [3.63, 3.8) is 0 Å². The number of rotatable bonds is 4. The molecule has 134 valence electrons. The van der Waals surface area contributed by atoms with Gasteiger partial charge in [0.1, 0.15) is 6.07 Å². The smallest absolute Gasteiger partial charge is 0.343 e. The zero-order chi connectivity index (χ0) is 19.4. The molecular weight excluding hydrogens is 348 g/mol. The zero-order valence-corrected chi connectivity index (χ0v) is 14.5. The molecule has 0 saturated heterocycles. The number of benzene rings is 3. The van der Waals surface area contributed by atoms with Crippen molar-refractivity contribution in [3.05, 3.63) is 89.0 Å². The highest BCUT2D eigenvalue weighted by Crippen LogP contribution is 2.24. The molecule has 3 aromatic rings. The average molecular weight is 363 g/mol. The third-order valence-electron chi connectivity index (χ3n) is 4.19. The molecule has 0 aliphatic rings. The van der Waals surface area contributed by atoms with Crippen LogP contribution in [-0.2, 0) is 6.42 Å². The van der Waals surface area contributed by atoms with Gasteiger partial charge in [-0.15, -0.1) is 0 Å². The molecule has 0 atom stereocenters. The second-order valence-corrected chi connectivity index (χ2v) is 5.87. The number of aryl methyl sites for hydroxylation is 1. The molecule has 0 fully saturated rings. The fourth-order valence-corrected chi connectivity index (χ4v) is 2.59. The summed E-state index contributed by atoms with van der Waals surface area (Å²) in [6.07, 6.45) is 0.956. The zero-order valence-electron chi connectivity index (χ0n) is 14.5. The summed E-state index contributed by atoms with van der Waals surface area (Å²) in [5.74, 6) is -4.08. The molecule has 0 bridgehead atoms. The van der Waals surface area contributed by atoms with Crippen molar-refractivity contribution in [2.24, 2.45) is 0 Å². The Morgan fingerprint density at radius 2 is 1.52 bits per heavy atom. The van der Waals surface area contributed by atoms with Crippen LogP contribution in [0.3, 0.4) is 0 Å². The van der Waals surface area contributed by atoms with Crippen LogP contribution in [-0.4, -0.2) is 5.97 Å². The lowest BCUT2D eigenvalue weighted by atomic mass is 10.0. The number of hydrogen-bond donors (Lipinski definition) is 0. The highest BCUT2D eigenvalue weighted by molar-refractivity contribution is 5.91. The SMILES string of the molecule is CCc1ccc(-c2ccc(C(=O)Oc3ccc(C#N)c(F)c3F)cc2)cc1. The van der Waals surface area contributed by atoms with Gasteiger partial charge in [0.15, 0.2) is 11.6 Å². The molecule has 0 spiro atoms. The lowest BCUT2D eigenvalue weighted by Crippen LogP contribution is -2.10. The van der Waals surface area contributed by atoms with Crippen LogP contribution in [0, 0.1) is 23.0 Å². The summed E-state index contributed by atoms with van der Waals surface area (Å²) in [7, 11) is 0. The van der Waals surface area contributed by atoms with Gasteiger partial charge in [0.05, 0.1) is 11.1 Å². The number of carbonyl (C=O) groups excluding carboxylic acids is 1. The van der Waals surface area contributed by atoms with Crippen molar-refractivity contribution in [3.8, 4) is 22.9 Å². The van der Waals surface area contributed by atoms with E-state index in [9.17, 15) is 13.6 Å². The second-order valence-electron chi connectivity index (χ2n) is 5.87. The van der Waals surface area contributed by atoms with E-state index in [0.717, 1.165) is 29.7 Å². The normalized spacial score (nSPS) is 10.3. The van der Waals surface area contributed by atoms with E-state index in [1.165, 1.54) is 11.6 Å². The molecule has 5 heteroatoms. The van der Waals surface area contributed by atoms with Crippen LogP contribution in [0.25, 0.3) is 11.1 Å². The molecule has 0 heterocycles. The van der Waals surface area contributed by atoms with E-state index in [0.29, 0.717) is 0 Å². The highest BCUT2D eigenvalue weighted by Gasteiger charge is 2.18. The first-order valence-electron chi connectivity index (χ1n) is 8.33. The van der Waals surface area contributed by atoms with Crippen molar-refractivity contribution >= 4 is 5.97 Å². The lowest BCUT2D eigenvalue weighted by Gasteiger charge is -2.08. The molecular formula is C22H15F2NO2. The van der Waals surface area contributed by atoms with Crippen LogP contribution >= 0.6 is 0 Å². The topological polar surface area (TPSA) is 50.1 Å². The van der Waals surface area contributed by atoms with Crippen molar-refractivity contribution in [2.75, 3.05) is 0 Å². The summed E-state index contributed by atoms with van der Waals surface area (Å²) in [5, 5.41) is 8.68. The first kappa shape index (κ1) is 18.3. The maximum absolute atomic E-state index is 13.9. The minimum Gasteiger partial charge on any atom is -0.420 e. The highest BCUT2D eigenvalue weighted by atomic mass is 19.2. The number of hydrogen-bond acceptors (Lipinski definition) is 3. The quantitative estimate of drug-likeness (QED) is 0.468. The van der Waals surface area contributed by atoms with Crippen LogP contribution < -0.4 is 4.74 Å². The standard InChI is InChI=1S/C22H15F2NO2/c1-2-14-3-5-15(6-4-14)16-7-9-17(10-8-16)22(26)27-19-12-11-18(13-25)20(23)21(19)24/h3-12H,2H2,1H3. The maximum atomic E-state index is 13.9. The number of ether oxygens (including phenoxy) is 1. The van der Waals surface area contributed by atoms with Crippen LogP contribution in [0.5, 0.6) is 5.75 Å². The molecule has 0 saturated carbocycles. The summed E-state index contributed by atoms with van der Waals surface area (Å²) < 4.78 is 32.4. The number of nitrogens with zero attached hydrogens (tertiary/aromatic N) is 1. The Bertz CT molecular complexity index is 1020. The minimum atomic E-state index is -1.37. The van der Waals surface area contributed by atoms with Crippen molar-refractivity contribution in [1.82, 2.24) is 0 Å². The molecule has 0 unspecified atom stereocenters. The summed E-state index contributed by atoms with van der Waals surface area (Å²) in [4.78, 5) is 12.2. The van der Waals surface area contributed by atoms with Gasteiger partial charge in [-0.05, 0) is 47.4 Å². The predicted octanol–water partition coefficient (Wildman–Crippen LogP) is 5.29. The fraction of sp³-hybridized carbons (Fsp3) is 0.0909. The maximum Gasteiger partial charge on any atom is 0.343 e. The van der Waals surface area contributed by atoms with Crippen molar-refractivity contribution < 1.29 is 18.3 Å². The number of halogens is 2. The van der Waals surface area contributed by atoms with Gasteiger partial charge in [0.2, 0.25) is 5.82 Å². The van der Waals surface area contributed by atoms with Gasteiger partial charge >= 0.3 is 5.97 Å². The summed E-state index contributed by atoms with van der Waals surface area (Å²) >= 11 is 0. The second kappa shape index (κ2) is 7.79. The van der Waals surface area contributed by atoms with Gasteiger partial charge in [-0.1, -0.05) is 43.3 Å². The Morgan fingerprint density at radius 1 is 0.926 bits per heavy atom. The third kappa shape index (κ3) is 3.85. The van der Waals surface area contributed by atoms with E-state index in [1.54, 1.807) is 24.3 Å². The lowest BCUT2D eigenvalue weighted by molar-refractivity contribution is 0.0726. The molecule has 27 heavy (non-hydrogen) atoms. The molecule has 0 aliphatic heterocycles. The van der Waals surface area contributed by atoms with Crippen molar-refractivity contribution in [2.45, 2.75) is 13.3 Å². The molecule has 0 amide bonds. The van der Waals surface area contributed by atoms with Crippen LogP contribution in [0.15, 0.2) is 60.7 Å². The van der Waals surface area contributed by atoms with Gasteiger partial charge in [-0.3, -0.25) is 0 Å². The number of esters is 1. The molecule has 3 aromatic carbocycles. The summed E-state index contributed by atoms with van der Waals surface area (Å²) in [6.45, 7) is 2.08. The van der Waals surface area contributed by atoms with E-state index in [-0.39, 0.29) is 5.56 Å². The first-order valence-corrected chi connectivity index (χ1v) is 8.33. The van der Waals surface area contributed by atoms with Gasteiger partial charge in [-0.25, -0.2) is 9.18 Å². The third-order valence-corrected chi connectivity index (χ3v) is 4.19. The molecule has 0 radical (unpaired) electrons. The predicted molar refractivity (Wildman–Crippen MR) is 97.3 cm³/mol. The van der Waals surface area contributed by atoms with Crippen LogP contribution in [0.2, 0.25) is 0 Å². The van der Waals surface area contributed by atoms with E-state index in [1.807, 2.05) is 24.3 Å². The Hall–Kier alpha value is -3.52. The summed E-state index contributed by atoms with van der Waals surface area (Å²) in [5.41, 5.74) is 2.91. The minimum absolute atomic E-state index is 0.202. The Balaban J connectivity index is 1.78. The largest absolute Gasteiger partial charge is 0.420 e. The molecule has 0 aliphatic carbocycles. The number of nitriles is 1. The van der Waals surface area contributed by atoms with Gasteiger partial charge in [0, 0.05) is 0 Å². The van der Waals surface area contributed by atoms with Gasteiger partial charge in [-0.2, -0.15) is 9.65 Å². The van der Waals surface area contributed by atoms with E-state index in [2.05, 4.69) is 6.92 Å². The van der Waals surface area contributed by atoms with Crippen LogP contribution in [0.1, 0.15) is 28.4 Å². The van der Waals surface area contributed by atoms with Gasteiger partial charge < -0.3 is 4.74 Å². The fourth-order valence-electron chi connectivity index (χ4n) is 2.59. The van der Waals surface area contributed by atoms with Crippen molar-refractivity contribution in [1.29, 1.82) is 5.26 Å². The monoisotopic (exact) mass is 363 g/mol. The molecule has 0 N–H and O–H groups in total. The Morgan fingerprint density at radius 3 is 2.07 bits per heavy atom. The van der Waals surface area contributed by atoms with Crippen LogP contribution in [0.4, 0.5) is 8.78 Å². The molecule has 0 aromatic heterocycles. The average Bonchev–Trinajstić information content (AvgIpc) is 2.72. The van der Waals surface area contributed by atoms with E-state index < -0.39 is 28.9 Å². The van der Waals surface area contributed by atoms with E-state index >= 15 is 0 Å².